The van der Waals surface area contributed by atoms with Gasteiger partial charge in [0.1, 0.15) is 11.6 Å². The van der Waals surface area contributed by atoms with Crippen molar-refractivity contribution in [1.82, 2.24) is 19.9 Å². The molecule has 100 valence electrons. The molecule has 0 fully saturated rings. The van der Waals surface area contributed by atoms with E-state index in [-0.39, 0.29) is 0 Å². The zero-order valence-electron chi connectivity index (χ0n) is 10.8. The van der Waals surface area contributed by atoms with Crippen LogP contribution in [0.1, 0.15) is 11.4 Å². The van der Waals surface area contributed by atoms with Crippen molar-refractivity contribution in [2.24, 2.45) is 0 Å². The first-order valence-electron chi connectivity index (χ1n) is 6.32. The number of nitrogens with zero attached hydrogens (tertiary/aromatic N) is 4. The van der Waals surface area contributed by atoms with Gasteiger partial charge in [-0.3, -0.25) is 0 Å². The summed E-state index contributed by atoms with van der Waals surface area (Å²) in [7, 11) is 1.91. The normalized spacial score (nSPS) is 14.5. The molecule has 0 spiro atoms. The zero-order chi connectivity index (χ0) is 13.2. The van der Waals surface area contributed by atoms with E-state index in [9.17, 15) is 0 Å². The minimum atomic E-state index is 0.705. The van der Waals surface area contributed by atoms with Crippen LogP contribution in [0.15, 0.2) is 24.7 Å². The molecule has 0 aromatic carbocycles. The van der Waals surface area contributed by atoms with Crippen molar-refractivity contribution in [3.8, 4) is 0 Å². The van der Waals surface area contributed by atoms with Crippen LogP contribution >= 0.6 is 11.6 Å². The molecule has 0 amide bonds. The Kier molecular flexibility index (Phi) is 3.40. The van der Waals surface area contributed by atoms with Crippen molar-refractivity contribution in [1.29, 1.82) is 0 Å². The lowest BCUT2D eigenvalue weighted by Crippen LogP contribution is -2.34. The molecule has 0 unspecified atom stereocenters. The van der Waals surface area contributed by atoms with Crippen LogP contribution in [0.2, 0.25) is 5.02 Å². The summed E-state index contributed by atoms with van der Waals surface area (Å²) in [5.41, 5.74) is 1.07. The average Bonchev–Trinajstić information content (AvgIpc) is 2.89. The summed E-state index contributed by atoms with van der Waals surface area (Å²) in [4.78, 5) is 11.0. The fourth-order valence-corrected chi connectivity index (χ4v) is 2.51. The third-order valence-electron chi connectivity index (χ3n) is 3.36. The maximum Gasteiger partial charge on any atom is 0.129 e. The van der Waals surface area contributed by atoms with Gasteiger partial charge >= 0.3 is 0 Å². The van der Waals surface area contributed by atoms with E-state index in [1.807, 2.05) is 19.4 Å². The highest BCUT2D eigenvalue weighted by atomic mass is 35.5. The third kappa shape index (κ3) is 2.43. The van der Waals surface area contributed by atoms with Crippen LogP contribution < -0.4 is 10.2 Å². The first-order valence-corrected chi connectivity index (χ1v) is 6.69. The van der Waals surface area contributed by atoms with E-state index >= 15 is 0 Å². The predicted molar refractivity (Wildman–Crippen MR) is 75.3 cm³/mol. The van der Waals surface area contributed by atoms with E-state index in [0.29, 0.717) is 5.02 Å². The first-order chi connectivity index (χ1) is 9.28. The van der Waals surface area contributed by atoms with Crippen LogP contribution in [0.25, 0.3) is 0 Å². The summed E-state index contributed by atoms with van der Waals surface area (Å²) in [6.45, 7) is 3.43. The Morgan fingerprint density at radius 3 is 3.11 bits per heavy atom. The highest BCUT2D eigenvalue weighted by Gasteiger charge is 2.18. The lowest BCUT2D eigenvalue weighted by molar-refractivity contribution is 0.556. The van der Waals surface area contributed by atoms with Crippen molar-refractivity contribution in [3.63, 3.8) is 0 Å². The molecule has 1 aliphatic rings. The van der Waals surface area contributed by atoms with Gasteiger partial charge in [-0.2, -0.15) is 0 Å². The van der Waals surface area contributed by atoms with Gasteiger partial charge in [-0.25, -0.2) is 9.97 Å². The molecule has 0 atom stereocenters. The van der Waals surface area contributed by atoms with Crippen molar-refractivity contribution in [3.05, 3.63) is 41.1 Å². The lowest BCUT2D eigenvalue weighted by Gasteiger charge is -2.29. The molecule has 0 saturated carbocycles. The van der Waals surface area contributed by atoms with E-state index in [1.54, 1.807) is 6.20 Å². The molecule has 0 radical (unpaired) electrons. The number of aromatic nitrogens is 3. The molecule has 2 aromatic rings. The predicted octanol–water partition coefficient (Wildman–Crippen LogP) is 1.67. The molecule has 2 aromatic heterocycles. The van der Waals surface area contributed by atoms with E-state index in [0.717, 1.165) is 43.4 Å². The number of hydrogen-bond acceptors (Lipinski definition) is 4. The van der Waals surface area contributed by atoms with Crippen LogP contribution in [0.4, 0.5) is 5.82 Å². The van der Waals surface area contributed by atoms with Crippen LogP contribution in [0.3, 0.4) is 0 Å². The first kappa shape index (κ1) is 12.4. The number of imidazole rings is 1. The van der Waals surface area contributed by atoms with Crippen LogP contribution in [-0.4, -0.2) is 28.1 Å². The number of rotatable bonds is 3. The number of anilines is 1. The second kappa shape index (κ2) is 5.19. The van der Waals surface area contributed by atoms with Gasteiger partial charge in [-0.05, 0) is 18.7 Å². The van der Waals surface area contributed by atoms with Crippen LogP contribution in [0, 0.1) is 0 Å². The number of nitrogens with one attached hydrogen (secondary N) is 1. The summed E-state index contributed by atoms with van der Waals surface area (Å²) in [5.74, 6) is 2.04. The Morgan fingerprint density at radius 1 is 1.37 bits per heavy atom. The van der Waals surface area contributed by atoms with Crippen molar-refractivity contribution in [2.45, 2.75) is 19.6 Å². The molecule has 1 N–H and O–H groups in total. The summed E-state index contributed by atoms with van der Waals surface area (Å²) in [5, 5.41) is 3.82. The van der Waals surface area contributed by atoms with Gasteiger partial charge in [0.05, 0.1) is 11.6 Å². The van der Waals surface area contributed by atoms with Gasteiger partial charge in [-0.15, -0.1) is 0 Å². The molecule has 3 rings (SSSR count). The van der Waals surface area contributed by atoms with Crippen molar-refractivity contribution >= 4 is 17.4 Å². The molecular weight excluding hydrogens is 262 g/mol. The topological polar surface area (TPSA) is 46.0 Å². The van der Waals surface area contributed by atoms with Gasteiger partial charge < -0.3 is 14.8 Å². The summed E-state index contributed by atoms with van der Waals surface area (Å²) >= 11 is 6.14. The quantitative estimate of drug-likeness (QED) is 0.927. The maximum absolute atomic E-state index is 6.14. The number of fused-ring (bicyclic) bond motifs is 1. The number of halogens is 1. The summed E-state index contributed by atoms with van der Waals surface area (Å²) in [6, 6.07) is 2.05. The highest BCUT2D eigenvalue weighted by molar-refractivity contribution is 6.31. The summed E-state index contributed by atoms with van der Waals surface area (Å²) in [6.07, 6.45) is 5.60. The van der Waals surface area contributed by atoms with E-state index < -0.39 is 0 Å². The SMILES string of the molecule is CNCc1cc(N2CCn3ccnc3C2)ncc1Cl. The van der Waals surface area contributed by atoms with Crippen LogP contribution in [-0.2, 0) is 19.6 Å². The maximum atomic E-state index is 6.14. The molecule has 19 heavy (non-hydrogen) atoms. The zero-order valence-corrected chi connectivity index (χ0v) is 11.6. The van der Waals surface area contributed by atoms with E-state index in [1.165, 1.54) is 0 Å². The van der Waals surface area contributed by atoms with Gasteiger partial charge in [0, 0.05) is 38.2 Å². The molecule has 6 heteroatoms. The van der Waals surface area contributed by atoms with Gasteiger partial charge in [0.15, 0.2) is 0 Å². The highest BCUT2D eigenvalue weighted by Crippen LogP contribution is 2.23. The van der Waals surface area contributed by atoms with E-state index in [2.05, 4.69) is 30.8 Å². The van der Waals surface area contributed by atoms with Crippen LogP contribution in [0.5, 0.6) is 0 Å². The Morgan fingerprint density at radius 2 is 2.26 bits per heavy atom. The van der Waals surface area contributed by atoms with E-state index in [4.69, 9.17) is 11.6 Å². The largest absolute Gasteiger partial charge is 0.347 e. The second-order valence-corrected chi connectivity index (χ2v) is 5.03. The Bertz CT molecular complexity index is 580. The van der Waals surface area contributed by atoms with Gasteiger partial charge in [0.2, 0.25) is 0 Å². The Hall–Kier alpha value is -1.59. The minimum absolute atomic E-state index is 0.705. The third-order valence-corrected chi connectivity index (χ3v) is 3.70. The van der Waals surface area contributed by atoms with Crippen molar-refractivity contribution < 1.29 is 0 Å². The summed E-state index contributed by atoms with van der Waals surface area (Å²) < 4.78 is 2.18. The minimum Gasteiger partial charge on any atom is -0.347 e. The second-order valence-electron chi connectivity index (χ2n) is 4.62. The molecule has 0 saturated heterocycles. The molecule has 1 aliphatic heterocycles. The monoisotopic (exact) mass is 277 g/mol. The number of hydrogen-bond donors (Lipinski definition) is 1. The fraction of sp³-hybridized carbons (Fsp3) is 0.385. The Labute approximate surface area is 117 Å². The average molecular weight is 278 g/mol. The fourth-order valence-electron chi connectivity index (χ4n) is 2.34. The smallest absolute Gasteiger partial charge is 0.129 e. The molecule has 5 nitrogen and oxygen atoms in total. The van der Waals surface area contributed by atoms with Crippen molar-refractivity contribution in [2.75, 3.05) is 18.5 Å². The standard InChI is InChI=1S/C13H16ClN5/c1-15-7-10-6-12(17-8-11(10)14)19-5-4-18-3-2-16-13(18)9-19/h2-3,6,8,15H,4-5,7,9H2,1H3. The van der Waals surface area contributed by atoms with Gasteiger partial charge in [-0.1, -0.05) is 11.6 Å². The number of pyridine rings is 1. The van der Waals surface area contributed by atoms with Gasteiger partial charge in [0.25, 0.3) is 0 Å². The molecule has 0 aliphatic carbocycles. The lowest BCUT2D eigenvalue weighted by atomic mass is 10.2. The molecule has 0 bridgehead atoms. The Balaban J connectivity index is 1.85. The molecule has 3 heterocycles. The molecular formula is C13H16ClN5.